The maximum Gasteiger partial charge on any atom is 0.0645 e. The Labute approximate surface area is 129 Å². The summed E-state index contributed by atoms with van der Waals surface area (Å²) in [4.78, 5) is 0. The highest BCUT2D eigenvalue weighted by Crippen LogP contribution is 2.17. The molecular weight excluding hydrogens is 270 g/mol. The first kappa shape index (κ1) is 12.9. The molecule has 0 aliphatic rings. The van der Waals surface area contributed by atoms with Gasteiger partial charge in [0.05, 0.1) is 18.4 Å². The van der Waals surface area contributed by atoms with Crippen LogP contribution in [0.1, 0.15) is 11.1 Å². The first-order valence-electron chi connectivity index (χ1n) is 7.44. The van der Waals surface area contributed by atoms with E-state index in [9.17, 15) is 0 Å². The van der Waals surface area contributed by atoms with Crippen molar-refractivity contribution in [3.63, 3.8) is 0 Å². The van der Waals surface area contributed by atoms with Gasteiger partial charge in [-0.3, -0.25) is 0 Å². The lowest BCUT2D eigenvalue weighted by molar-refractivity contribution is 0.834. The van der Waals surface area contributed by atoms with Crippen molar-refractivity contribution in [1.29, 1.82) is 0 Å². The highest BCUT2D eigenvalue weighted by Gasteiger charge is 2.04. The smallest absolute Gasteiger partial charge is 0.0645 e. The number of nitrogens with zero attached hydrogens (tertiary/aromatic N) is 3. The van der Waals surface area contributed by atoms with E-state index in [-0.39, 0.29) is 0 Å². The molecule has 2 heterocycles. The van der Waals surface area contributed by atoms with Gasteiger partial charge < -0.3 is 4.57 Å². The summed E-state index contributed by atoms with van der Waals surface area (Å²) >= 11 is 0. The van der Waals surface area contributed by atoms with Crippen molar-refractivity contribution in [2.24, 2.45) is 0 Å². The first-order chi connectivity index (χ1) is 10.8. The molecular formula is C19H17N3. The summed E-state index contributed by atoms with van der Waals surface area (Å²) in [6.07, 6.45) is 6.17. The normalized spacial score (nSPS) is 11.1. The van der Waals surface area contributed by atoms with E-state index in [0.717, 1.165) is 12.2 Å². The highest BCUT2D eigenvalue weighted by molar-refractivity contribution is 5.80. The SMILES string of the molecule is Cc1ccc(-n2cc(Cn3ccc4ccccc43)cn2)cc1. The second-order valence-corrected chi connectivity index (χ2v) is 5.63. The van der Waals surface area contributed by atoms with Crippen LogP contribution in [0.4, 0.5) is 0 Å². The molecule has 0 bridgehead atoms. The monoisotopic (exact) mass is 287 g/mol. The fraction of sp³-hybridized carbons (Fsp3) is 0.105. The number of hydrogen-bond acceptors (Lipinski definition) is 1. The number of hydrogen-bond donors (Lipinski definition) is 0. The van der Waals surface area contributed by atoms with Gasteiger partial charge in [0.15, 0.2) is 0 Å². The van der Waals surface area contributed by atoms with E-state index in [4.69, 9.17) is 0 Å². The van der Waals surface area contributed by atoms with E-state index in [2.05, 4.69) is 83.6 Å². The number of fused-ring (bicyclic) bond motifs is 1. The lowest BCUT2D eigenvalue weighted by Gasteiger charge is -2.03. The largest absolute Gasteiger partial charge is 0.343 e. The number of rotatable bonds is 3. The molecule has 3 heteroatoms. The molecule has 0 N–H and O–H groups in total. The van der Waals surface area contributed by atoms with Crippen LogP contribution in [0.3, 0.4) is 0 Å². The second kappa shape index (κ2) is 5.19. The number of aryl methyl sites for hydroxylation is 1. The molecule has 0 unspecified atom stereocenters. The second-order valence-electron chi connectivity index (χ2n) is 5.63. The quantitative estimate of drug-likeness (QED) is 0.554. The fourth-order valence-electron chi connectivity index (χ4n) is 2.76. The van der Waals surface area contributed by atoms with Gasteiger partial charge in [0.25, 0.3) is 0 Å². The minimum atomic E-state index is 0.833. The Morgan fingerprint density at radius 2 is 1.77 bits per heavy atom. The zero-order valence-electron chi connectivity index (χ0n) is 12.5. The molecule has 0 atom stereocenters. The van der Waals surface area contributed by atoms with E-state index in [0.29, 0.717) is 0 Å². The van der Waals surface area contributed by atoms with E-state index >= 15 is 0 Å². The molecule has 0 saturated carbocycles. The van der Waals surface area contributed by atoms with Crippen LogP contribution in [0.15, 0.2) is 73.2 Å². The van der Waals surface area contributed by atoms with Crippen molar-refractivity contribution in [3.8, 4) is 5.69 Å². The summed E-state index contributed by atoms with van der Waals surface area (Å²) < 4.78 is 4.19. The van der Waals surface area contributed by atoms with Gasteiger partial charge in [0.2, 0.25) is 0 Å². The molecule has 22 heavy (non-hydrogen) atoms. The number of benzene rings is 2. The molecule has 0 aliphatic heterocycles. The topological polar surface area (TPSA) is 22.8 Å². The Morgan fingerprint density at radius 1 is 0.955 bits per heavy atom. The van der Waals surface area contributed by atoms with Crippen LogP contribution in [0.5, 0.6) is 0 Å². The van der Waals surface area contributed by atoms with Crippen LogP contribution < -0.4 is 0 Å². The van der Waals surface area contributed by atoms with Gasteiger partial charge in [0.1, 0.15) is 0 Å². The molecule has 4 rings (SSSR count). The Kier molecular flexibility index (Phi) is 3.04. The molecule has 0 aliphatic carbocycles. The standard InChI is InChI=1S/C19H17N3/c1-15-6-8-18(9-7-15)22-14-16(12-20-22)13-21-11-10-17-4-2-3-5-19(17)21/h2-12,14H,13H2,1H3. The van der Waals surface area contributed by atoms with Crippen LogP contribution in [0, 0.1) is 6.92 Å². The third-order valence-electron chi connectivity index (χ3n) is 3.97. The van der Waals surface area contributed by atoms with Crippen molar-refractivity contribution < 1.29 is 0 Å². The van der Waals surface area contributed by atoms with E-state index in [1.165, 1.54) is 22.0 Å². The fourth-order valence-corrected chi connectivity index (χ4v) is 2.76. The Bertz CT molecular complexity index is 913. The number of aromatic nitrogens is 3. The lowest BCUT2D eigenvalue weighted by Crippen LogP contribution is -1.97. The van der Waals surface area contributed by atoms with Crippen molar-refractivity contribution >= 4 is 10.9 Å². The maximum absolute atomic E-state index is 4.48. The molecule has 0 radical (unpaired) electrons. The van der Waals surface area contributed by atoms with Gasteiger partial charge in [0, 0.05) is 23.5 Å². The zero-order valence-corrected chi connectivity index (χ0v) is 12.5. The summed E-state index contributed by atoms with van der Waals surface area (Å²) in [5, 5.41) is 5.75. The van der Waals surface area contributed by atoms with E-state index in [1.54, 1.807) is 0 Å². The highest BCUT2D eigenvalue weighted by atomic mass is 15.3. The zero-order chi connectivity index (χ0) is 14.9. The van der Waals surface area contributed by atoms with Gasteiger partial charge >= 0.3 is 0 Å². The molecule has 0 saturated heterocycles. The van der Waals surface area contributed by atoms with Gasteiger partial charge in [-0.15, -0.1) is 0 Å². The summed E-state index contributed by atoms with van der Waals surface area (Å²) in [6, 6.07) is 19.0. The predicted octanol–water partition coefficient (Wildman–Crippen LogP) is 4.18. The number of para-hydroxylation sites is 1. The van der Waals surface area contributed by atoms with Crippen LogP contribution in [-0.4, -0.2) is 14.3 Å². The van der Waals surface area contributed by atoms with Crippen molar-refractivity contribution in [2.45, 2.75) is 13.5 Å². The Morgan fingerprint density at radius 3 is 2.64 bits per heavy atom. The molecule has 4 aromatic rings. The van der Waals surface area contributed by atoms with E-state index in [1.807, 2.05) is 10.9 Å². The predicted molar refractivity (Wildman–Crippen MR) is 89.3 cm³/mol. The Balaban J connectivity index is 1.63. The minimum Gasteiger partial charge on any atom is -0.343 e. The van der Waals surface area contributed by atoms with Gasteiger partial charge in [-0.05, 0) is 36.6 Å². The van der Waals surface area contributed by atoms with Gasteiger partial charge in [-0.1, -0.05) is 35.9 Å². The van der Waals surface area contributed by atoms with Crippen LogP contribution in [-0.2, 0) is 6.54 Å². The summed E-state index contributed by atoms with van der Waals surface area (Å²) in [5.41, 5.74) is 4.80. The lowest BCUT2D eigenvalue weighted by atomic mass is 10.2. The summed E-state index contributed by atoms with van der Waals surface area (Å²) in [6.45, 7) is 2.93. The van der Waals surface area contributed by atoms with Crippen LogP contribution in [0.2, 0.25) is 0 Å². The minimum absolute atomic E-state index is 0.833. The van der Waals surface area contributed by atoms with Crippen molar-refractivity contribution in [2.75, 3.05) is 0 Å². The third kappa shape index (κ3) is 2.31. The van der Waals surface area contributed by atoms with Gasteiger partial charge in [-0.2, -0.15) is 5.10 Å². The molecule has 2 aromatic carbocycles. The molecule has 2 aromatic heterocycles. The molecule has 3 nitrogen and oxygen atoms in total. The summed E-state index contributed by atoms with van der Waals surface area (Å²) in [5.74, 6) is 0. The average molecular weight is 287 g/mol. The first-order valence-corrected chi connectivity index (χ1v) is 7.44. The molecule has 108 valence electrons. The maximum atomic E-state index is 4.48. The van der Waals surface area contributed by atoms with Crippen molar-refractivity contribution in [1.82, 2.24) is 14.3 Å². The average Bonchev–Trinajstić information content (AvgIpc) is 3.16. The molecule has 0 spiro atoms. The molecule has 0 amide bonds. The molecule has 0 fully saturated rings. The van der Waals surface area contributed by atoms with Gasteiger partial charge in [-0.25, -0.2) is 4.68 Å². The van der Waals surface area contributed by atoms with E-state index < -0.39 is 0 Å². The van der Waals surface area contributed by atoms with Crippen LogP contribution >= 0.6 is 0 Å². The third-order valence-corrected chi connectivity index (χ3v) is 3.97. The van der Waals surface area contributed by atoms with Crippen molar-refractivity contribution in [3.05, 3.63) is 84.3 Å². The Hall–Kier alpha value is -2.81. The van der Waals surface area contributed by atoms with Crippen LogP contribution in [0.25, 0.3) is 16.6 Å². The summed E-state index contributed by atoms with van der Waals surface area (Å²) in [7, 11) is 0.